The third-order valence-electron chi connectivity index (χ3n) is 3.93. The largest absolute Gasteiger partial charge is 0.468 e. The predicted octanol–water partition coefficient (Wildman–Crippen LogP) is 5.31. The van der Waals surface area contributed by atoms with Crippen molar-refractivity contribution in [2.45, 2.75) is 24.2 Å². The molecular formula is C22H22Br2N2O5S2. The summed E-state index contributed by atoms with van der Waals surface area (Å²) in [5.74, 6) is 0.879. The number of rotatable bonds is 8. The summed E-state index contributed by atoms with van der Waals surface area (Å²) >= 11 is 8.14. The summed E-state index contributed by atoms with van der Waals surface area (Å²) < 4.78 is 35.2. The van der Waals surface area contributed by atoms with Gasteiger partial charge in [0.2, 0.25) is 0 Å². The number of hydrogen-bond donors (Lipinski definition) is 0. The first kappa shape index (κ1) is 27.5. The number of carbonyl (C=O) groups is 1. The Morgan fingerprint density at radius 2 is 1.55 bits per heavy atom. The summed E-state index contributed by atoms with van der Waals surface area (Å²) in [6.07, 6.45) is 3.32. The molecule has 0 amide bonds. The topological polar surface area (TPSA) is 95.5 Å². The molecule has 1 aromatic carbocycles. The van der Waals surface area contributed by atoms with E-state index in [2.05, 4.69) is 46.6 Å². The molecule has 0 saturated carbocycles. The molecule has 33 heavy (non-hydrogen) atoms. The van der Waals surface area contributed by atoms with Gasteiger partial charge in [0.1, 0.15) is 6.61 Å². The van der Waals surface area contributed by atoms with Crippen LogP contribution in [0.15, 0.2) is 74.8 Å². The maximum Gasteiger partial charge on any atom is 0.315 e. The number of hydrogen-bond acceptors (Lipinski definition) is 8. The van der Waals surface area contributed by atoms with Gasteiger partial charge in [-0.2, -0.15) is 8.42 Å². The highest BCUT2D eigenvalue weighted by molar-refractivity contribution is 9.10. The standard InChI is InChI=1S/C13H12BrNO3S.C9H10BrNO2S/c1-10-2-4-13(5-3-10)19(16,17)18-9-12-8-11(14)6-7-15-12;1-13-9(12)6-14-5-8-4-7(10)2-3-11-8/h2-8H,9H2,1H3;2-4H,5-6H2,1H3. The van der Waals surface area contributed by atoms with Crippen LogP contribution in [-0.4, -0.2) is 37.2 Å². The lowest BCUT2D eigenvalue weighted by Crippen LogP contribution is -2.07. The zero-order valence-corrected chi connectivity index (χ0v) is 22.7. The van der Waals surface area contributed by atoms with Crippen LogP contribution in [0.2, 0.25) is 0 Å². The number of ether oxygens (including phenoxy) is 1. The Hall–Kier alpha value is -1.79. The van der Waals surface area contributed by atoms with Crippen molar-refractivity contribution >= 4 is 59.7 Å². The number of benzene rings is 1. The summed E-state index contributed by atoms with van der Waals surface area (Å²) in [4.78, 5) is 19.1. The highest BCUT2D eigenvalue weighted by atomic mass is 79.9. The zero-order valence-electron chi connectivity index (χ0n) is 17.9. The second-order valence-electron chi connectivity index (χ2n) is 6.53. The molecule has 0 aliphatic carbocycles. The Labute approximate surface area is 214 Å². The van der Waals surface area contributed by atoms with Gasteiger partial charge in [0.05, 0.1) is 29.1 Å². The fourth-order valence-corrected chi connectivity index (χ4v) is 4.66. The Balaban J connectivity index is 0.000000245. The molecular weight excluding hydrogens is 596 g/mol. The number of methoxy groups -OCH3 is 1. The van der Waals surface area contributed by atoms with E-state index in [1.54, 1.807) is 36.7 Å². The van der Waals surface area contributed by atoms with Crippen LogP contribution in [0.3, 0.4) is 0 Å². The first-order valence-electron chi connectivity index (χ1n) is 9.51. The number of aromatic nitrogens is 2. The monoisotopic (exact) mass is 616 g/mol. The number of carbonyl (C=O) groups excluding carboxylic acids is 1. The normalized spacial score (nSPS) is 10.8. The Morgan fingerprint density at radius 1 is 0.970 bits per heavy atom. The first-order chi connectivity index (χ1) is 15.7. The van der Waals surface area contributed by atoms with Gasteiger partial charge < -0.3 is 4.74 Å². The molecule has 2 aromatic heterocycles. The van der Waals surface area contributed by atoms with Crippen LogP contribution in [0, 0.1) is 6.92 Å². The van der Waals surface area contributed by atoms with Gasteiger partial charge in [-0.3, -0.25) is 18.9 Å². The molecule has 0 atom stereocenters. The third-order valence-corrected chi connectivity index (χ3v) is 7.13. The molecule has 176 valence electrons. The quantitative estimate of drug-likeness (QED) is 0.248. The average Bonchev–Trinajstić information content (AvgIpc) is 2.78. The predicted molar refractivity (Wildman–Crippen MR) is 135 cm³/mol. The molecule has 3 rings (SSSR count). The summed E-state index contributed by atoms with van der Waals surface area (Å²) in [5.41, 5.74) is 2.49. The molecule has 0 saturated heterocycles. The fourth-order valence-electron chi connectivity index (χ4n) is 2.26. The van der Waals surface area contributed by atoms with Gasteiger partial charge in [0.25, 0.3) is 10.1 Å². The van der Waals surface area contributed by atoms with Crippen molar-refractivity contribution in [3.63, 3.8) is 0 Å². The molecule has 0 radical (unpaired) electrons. The summed E-state index contributed by atoms with van der Waals surface area (Å²) in [5, 5.41) is 0. The second kappa shape index (κ2) is 13.8. The van der Waals surface area contributed by atoms with E-state index in [0.29, 0.717) is 17.2 Å². The highest BCUT2D eigenvalue weighted by Crippen LogP contribution is 2.17. The van der Waals surface area contributed by atoms with E-state index in [4.69, 9.17) is 4.18 Å². The number of esters is 1. The summed E-state index contributed by atoms with van der Waals surface area (Å²) in [6.45, 7) is 1.80. The van der Waals surface area contributed by atoms with E-state index in [9.17, 15) is 13.2 Å². The Kier molecular flexibility index (Phi) is 11.5. The number of aryl methyl sites for hydroxylation is 1. The van der Waals surface area contributed by atoms with Gasteiger partial charge in [-0.05, 0) is 43.3 Å². The van der Waals surface area contributed by atoms with Crippen LogP contribution >= 0.6 is 43.6 Å². The SMILES string of the molecule is COC(=O)CSCc1cc(Br)ccn1.Cc1ccc(S(=O)(=O)OCc2cc(Br)ccn2)cc1. The lowest BCUT2D eigenvalue weighted by molar-refractivity contribution is -0.137. The molecule has 3 aromatic rings. The van der Waals surface area contributed by atoms with Crippen LogP contribution < -0.4 is 0 Å². The molecule has 2 heterocycles. The van der Waals surface area contributed by atoms with Gasteiger partial charge in [0.15, 0.2) is 0 Å². The van der Waals surface area contributed by atoms with Crippen molar-refractivity contribution in [2.75, 3.05) is 12.9 Å². The van der Waals surface area contributed by atoms with E-state index in [0.717, 1.165) is 20.2 Å². The smallest absolute Gasteiger partial charge is 0.315 e. The number of pyridine rings is 2. The van der Waals surface area contributed by atoms with Crippen molar-refractivity contribution in [3.05, 3.63) is 86.8 Å². The van der Waals surface area contributed by atoms with E-state index in [1.165, 1.54) is 31.0 Å². The van der Waals surface area contributed by atoms with Gasteiger partial charge in [0, 0.05) is 27.1 Å². The zero-order chi connectivity index (χ0) is 24.3. The minimum absolute atomic E-state index is 0.0876. The van der Waals surface area contributed by atoms with E-state index in [-0.39, 0.29) is 17.5 Å². The minimum atomic E-state index is -3.74. The molecule has 0 spiro atoms. The van der Waals surface area contributed by atoms with E-state index in [1.807, 2.05) is 19.1 Å². The van der Waals surface area contributed by atoms with Gasteiger partial charge in [-0.25, -0.2) is 0 Å². The van der Waals surface area contributed by atoms with Crippen molar-refractivity contribution in [3.8, 4) is 0 Å². The summed E-state index contributed by atoms with van der Waals surface area (Å²) in [6, 6.07) is 13.8. The molecule has 0 N–H and O–H groups in total. The van der Waals surface area contributed by atoms with Crippen molar-refractivity contribution in [1.82, 2.24) is 9.97 Å². The summed E-state index contributed by atoms with van der Waals surface area (Å²) in [7, 11) is -2.35. The molecule has 0 unspecified atom stereocenters. The van der Waals surface area contributed by atoms with Crippen LogP contribution in [0.5, 0.6) is 0 Å². The maximum atomic E-state index is 11.9. The fraction of sp³-hybridized carbons (Fsp3) is 0.227. The van der Waals surface area contributed by atoms with E-state index < -0.39 is 10.1 Å². The van der Waals surface area contributed by atoms with Crippen LogP contribution in [0.1, 0.15) is 17.0 Å². The van der Waals surface area contributed by atoms with Crippen molar-refractivity contribution in [2.24, 2.45) is 0 Å². The number of thioether (sulfide) groups is 1. The van der Waals surface area contributed by atoms with Gasteiger partial charge >= 0.3 is 5.97 Å². The first-order valence-corrected chi connectivity index (χ1v) is 13.7. The molecule has 11 heteroatoms. The van der Waals surface area contributed by atoms with E-state index >= 15 is 0 Å². The Morgan fingerprint density at radius 3 is 2.12 bits per heavy atom. The lowest BCUT2D eigenvalue weighted by atomic mass is 10.2. The minimum Gasteiger partial charge on any atom is -0.468 e. The van der Waals surface area contributed by atoms with Crippen molar-refractivity contribution < 1.29 is 22.1 Å². The third kappa shape index (κ3) is 10.3. The Bertz CT molecular complexity index is 1160. The molecule has 0 fully saturated rings. The lowest BCUT2D eigenvalue weighted by Gasteiger charge is -2.05. The average molecular weight is 618 g/mol. The van der Waals surface area contributed by atoms with Crippen LogP contribution in [0.25, 0.3) is 0 Å². The maximum absolute atomic E-state index is 11.9. The van der Waals surface area contributed by atoms with Crippen molar-refractivity contribution in [1.29, 1.82) is 0 Å². The highest BCUT2D eigenvalue weighted by Gasteiger charge is 2.15. The van der Waals surface area contributed by atoms with Crippen LogP contribution in [-0.2, 0) is 36.2 Å². The van der Waals surface area contributed by atoms with Crippen LogP contribution in [0.4, 0.5) is 0 Å². The number of halogens is 2. The molecule has 0 aliphatic rings. The number of nitrogens with zero attached hydrogens (tertiary/aromatic N) is 2. The molecule has 7 nitrogen and oxygen atoms in total. The second-order valence-corrected chi connectivity index (χ2v) is 11.0. The van der Waals surface area contributed by atoms with Gasteiger partial charge in [-0.15, -0.1) is 11.8 Å². The molecule has 0 aliphatic heterocycles. The van der Waals surface area contributed by atoms with Gasteiger partial charge in [-0.1, -0.05) is 49.6 Å². The molecule has 0 bridgehead atoms.